The molecule has 0 radical (unpaired) electrons. The molecule has 18 heavy (non-hydrogen) atoms. The van der Waals surface area contributed by atoms with Crippen molar-refractivity contribution < 1.29 is 0 Å². The molecule has 1 N–H and O–H groups in total. The van der Waals surface area contributed by atoms with Gasteiger partial charge in [-0.3, -0.25) is 5.32 Å². The predicted octanol–water partition coefficient (Wildman–Crippen LogP) is 3.02. The van der Waals surface area contributed by atoms with Gasteiger partial charge in [0.2, 0.25) is 0 Å². The molecule has 0 saturated heterocycles. The molecular weight excluding hydrogens is 222 g/mol. The summed E-state index contributed by atoms with van der Waals surface area (Å²) in [5.41, 5.74) is -0.416. The molecule has 0 aliphatic carbocycles. The monoisotopic (exact) mass is 253 g/mol. The van der Waals surface area contributed by atoms with Crippen LogP contribution in [0, 0.1) is 17.2 Å². The van der Waals surface area contributed by atoms with Crippen molar-refractivity contribution in [3.8, 4) is 6.07 Å². The molecule has 3 atom stereocenters. The van der Waals surface area contributed by atoms with Crippen molar-refractivity contribution in [2.24, 2.45) is 5.92 Å². The summed E-state index contributed by atoms with van der Waals surface area (Å²) in [5, 5.41) is 12.7. The zero-order valence-electron chi connectivity index (χ0n) is 13.2. The van der Waals surface area contributed by atoms with Gasteiger partial charge in [0.1, 0.15) is 5.54 Å². The third-order valence-electron chi connectivity index (χ3n) is 4.02. The molecule has 3 heteroatoms. The van der Waals surface area contributed by atoms with Crippen molar-refractivity contribution in [2.45, 2.75) is 72.0 Å². The molecule has 0 aliphatic heterocycles. The highest BCUT2D eigenvalue weighted by Gasteiger charge is 2.29. The van der Waals surface area contributed by atoms with Crippen molar-refractivity contribution in [1.82, 2.24) is 10.2 Å². The zero-order valence-corrected chi connectivity index (χ0v) is 13.2. The first-order valence-electron chi connectivity index (χ1n) is 7.15. The van der Waals surface area contributed by atoms with Gasteiger partial charge in [0.25, 0.3) is 0 Å². The zero-order chi connectivity index (χ0) is 14.3. The second-order valence-corrected chi connectivity index (χ2v) is 6.07. The van der Waals surface area contributed by atoms with E-state index in [1.165, 1.54) is 0 Å². The first kappa shape index (κ1) is 17.4. The summed E-state index contributed by atoms with van der Waals surface area (Å²) in [6.45, 7) is 14.0. The Labute approximate surface area is 114 Å². The smallest absolute Gasteiger partial charge is 0.105 e. The Kier molecular flexibility index (Phi) is 7.51. The topological polar surface area (TPSA) is 39.1 Å². The van der Waals surface area contributed by atoms with Crippen LogP contribution in [-0.4, -0.2) is 36.1 Å². The number of hydrogen-bond acceptors (Lipinski definition) is 3. The predicted molar refractivity (Wildman–Crippen MR) is 78.5 cm³/mol. The maximum Gasteiger partial charge on any atom is 0.105 e. The molecule has 0 heterocycles. The number of nitrogens with zero attached hydrogens (tertiary/aromatic N) is 2. The lowest BCUT2D eigenvalue weighted by Crippen LogP contribution is -2.49. The van der Waals surface area contributed by atoms with Crippen LogP contribution in [0.3, 0.4) is 0 Å². The number of nitrogens with one attached hydrogen (secondary N) is 1. The molecular formula is C15H31N3. The van der Waals surface area contributed by atoms with Crippen LogP contribution in [0.15, 0.2) is 0 Å². The molecule has 0 aromatic rings. The second kappa shape index (κ2) is 7.76. The fourth-order valence-electron chi connectivity index (χ4n) is 2.16. The largest absolute Gasteiger partial charge is 0.301 e. The molecule has 0 fully saturated rings. The molecule has 0 bridgehead atoms. The molecule has 0 spiro atoms. The molecule has 0 rings (SSSR count). The fourth-order valence-corrected chi connectivity index (χ4v) is 2.16. The van der Waals surface area contributed by atoms with E-state index >= 15 is 0 Å². The summed E-state index contributed by atoms with van der Waals surface area (Å²) in [7, 11) is 2.16. The normalized spacial score (nSPS) is 18.4. The Balaban J connectivity index is 4.52. The van der Waals surface area contributed by atoms with E-state index in [2.05, 4.69) is 58.0 Å². The van der Waals surface area contributed by atoms with E-state index in [4.69, 9.17) is 0 Å². The minimum Gasteiger partial charge on any atom is -0.301 e. The van der Waals surface area contributed by atoms with Gasteiger partial charge in [0.05, 0.1) is 6.07 Å². The quantitative estimate of drug-likeness (QED) is 0.722. The third-order valence-corrected chi connectivity index (χ3v) is 4.02. The van der Waals surface area contributed by atoms with Gasteiger partial charge in [-0.2, -0.15) is 5.26 Å². The second-order valence-electron chi connectivity index (χ2n) is 6.07. The van der Waals surface area contributed by atoms with Gasteiger partial charge >= 0.3 is 0 Å². The van der Waals surface area contributed by atoms with E-state index in [1.54, 1.807) is 0 Å². The molecule has 0 aliphatic rings. The van der Waals surface area contributed by atoms with E-state index in [-0.39, 0.29) is 0 Å². The summed E-state index contributed by atoms with van der Waals surface area (Å²) in [4.78, 5) is 2.38. The van der Waals surface area contributed by atoms with Gasteiger partial charge in [0.15, 0.2) is 0 Å². The van der Waals surface area contributed by atoms with E-state index in [1.807, 2.05) is 6.92 Å². The summed E-state index contributed by atoms with van der Waals surface area (Å²) in [6.07, 6.45) is 1.92. The van der Waals surface area contributed by atoms with Crippen LogP contribution in [0.1, 0.15) is 54.4 Å². The average Bonchev–Trinajstić information content (AvgIpc) is 2.34. The minimum absolute atomic E-state index is 0.399. The number of nitriles is 1. The molecule has 3 nitrogen and oxygen atoms in total. The SMILES string of the molecule is CCCNC(C)(C#N)CC(C)N(C)C(C)C(C)C. The fraction of sp³-hybridized carbons (Fsp3) is 0.933. The van der Waals surface area contributed by atoms with Crippen molar-refractivity contribution in [2.75, 3.05) is 13.6 Å². The van der Waals surface area contributed by atoms with Crippen LogP contribution in [0.2, 0.25) is 0 Å². The number of rotatable bonds is 8. The third kappa shape index (κ3) is 5.37. The average molecular weight is 253 g/mol. The maximum atomic E-state index is 9.36. The van der Waals surface area contributed by atoms with Gasteiger partial charge in [-0.1, -0.05) is 20.8 Å². The highest BCUT2D eigenvalue weighted by Crippen LogP contribution is 2.19. The Morgan fingerprint density at radius 1 is 1.28 bits per heavy atom. The highest BCUT2D eigenvalue weighted by atomic mass is 15.2. The highest BCUT2D eigenvalue weighted by molar-refractivity contribution is 5.05. The van der Waals surface area contributed by atoms with E-state index in [9.17, 15) is 5.26 Å². The lowest BCUT2D eigenvalue weighted by Gasteiger charge is -2.36. The van der Waals surface area contributed by atoms with E-state index in [0.29, 0.717) is 18.0 Å². The summed E-state index contributed by atoms with van der Waals surface area (Å²) < 4.78 is 0. The molecule has 0 aromatic carbocycles. The standard InChI is InChI=1S/C15H31N3/c1-8-9-17-15(6,11-16)10-13(4)18(7)14(5)12(2)3/h12-14,17H,8-10H2,1-7H3. The summed E-state index contributed by atoms with van der Waals surface area (Å²) >= 11 is 0. The molecule has 3 unspecified atom stereocenters. The summed E-state index contributed by atoms with van der Waals surface area (Å²) in [6, 6.07) is 3.37. The van der Waals surface area contributed by atoms with Gasteiger partial charge in [-0.15, -0.1) is 0 Å². The van der Waals surface area contributed by atoms with Crippen molar-refractivity contribution in [1.29, 1.82) is 5.26 Å². The lowest BCUT2D eigenvalue weighted by atomic mass is 9.92. The Morgan fingerprint density at radius 3 is 2.22 bits per heavy atom. The number of hydrogen-bond donors (Lipinski definition) is 1. The lowest BCUT2D eigenvalue weighted by molar-refractivity contribution is 0.136. The summed E-state index contributed by atoms with van der Waals surface area (Å²) in [5.74, 6) is 0.634. The van der Waals surface area contributed by atoms with E-state index < -0.39 is 5.54 Å². The van der Waals surface area contributed by atoms with Gasteiger partial charge in [-0.25, -0.2) is 0 Å². The molecule has 0 saturated carbocycles. The van der Waals surface area contributed by atoms with Crippen molar-refractivity contribution >= 4 is 0 Å². The first-order valence-corrected chi connectivity index (χ1v) is 7.15. The van der Waals surface area contributed by atoms with Crippen LogP contribution in [-0.2, 0) is 0 Å². The van der Waals surface area contributed by atoms with E-state index in [0.717, 1.165) is 19.4 Å². The van der Waals surface area contributed by atoms with Gasteiger partial charge < -0.3 is 4.90 Å². The maximum absolute atomic E-state index is 9.36. The molecule has 0 aromatic heterocycles. The van der Waals surface area contributed by atoms with Crippen LogP contribution < -0.4 is 5.32 Å². The van der Waals surface area contributed by atoms with Crippen LogP contribution >= 0.6 is 0 Å². The first-order chi connectivity index (χ1) is 8.27. The van der Waals surface area contributed by atoms with Gasteiger partial charge in [0, 0.05) is 12.1 Å². The minimum atomic E-state index is -0.416. The molecule has 106 valence electrons. The van der Waals surface area contributed by atoms with Gasteiger partial charge in [-0.05, 0) is 53.1 Å². The van der Waals surface area contributed by atoms with Crippen molar-refractivity contribution in [3.05, 3.63) is 0 Å². The van der Waals surface area contributed by atoms with Crippen LogP contribution in [0.5, 0.6) is 0 Å². The molecule has 0 amide bonds. The van der Waals surface area contributed by atoms with Crippen LogP contribution in [0.25, 0.3) is 0 Å². The van der Waals surface area contributed by atoms with Crippen molar-refractivity contribution in [3.63, 3.8) is 0 Å². The Hall–Kier alpha value is -0.590. The Morgan fingerprint density at radius 2 is 1.83 bits per heavy atom. The Bertz CT molecular complexity index is 269. The van der Waals surface area contributed by atoms with Crippen LogP contribution in [0.4, 0.5) is 0 Å².